The third kappa shape index (κ3) is 4.18. The van der Waals surface area contributed by atoms with E-state index >= 15 is 0 Å². The summed E-state index contributed by atoms with van der Waals surface area (Å²) < 4.78 is 2.27. The fourth-order valence-electron chi connectivity index (χ4n) is 2.41. The number of nitrogens with zero attached hydrogens (tertiary/aromatic N) is 3. The van der Waals surface area contributed by atoms with Crippen molar-refractivity contribution in [2.45, 2.75) is 26.8 Å². The Morgan fingerprint density at radius 2 is 2.00 bits per heavy atom. The van der Waals surface area contributed by atoms with E-state index in [2.05, 4.69) is 53.1 Å². The summed E-state index contributed by atoms with van der Waals surface area (Å²) in [5.74, 6) is -0.396. The molecule has 0 radical (unpaired) electrons. The minimum absolute atomic E-state index is 0.396. The van der Waals surface area contributed by atoms with Gasteiger partial charge in [0.15, 0.2) is 0 Å². The summed E-state index contributed by atoms with van der Waals surface area (Å²) in [5, 5.41) is 5.08. The number of likely N-dealkylation sites (N-methyl/N-ethyl adjacent to an activating group) is 1. The van der Waals surface area contributed by atoms with Crippen molar-refractivity contribution in [3.8, 4) is 0 Å². The average Bonchev–Trinajstić information content (AvgIpc) is 2.81. The van der Waals surface area contributed by atoms with E-state index in [-0.39, 0.29) is 0 Å². The molecular formula is C17H23N3O2. The first-order valence-corrected chi connectivity index (χ1v) is 7.40. The van der Waals surface area contributed by atoms with Crippen molar-refractivity contribution in [3.63, 3.8) is 0 Å². The van der Waals surface area contributed by atoms with Gasteiger partial charge in [-0.15, -0.1) is 0 Å². The molecule has 22 heavy (non-hydrogen) atoms. The third-order valence-corrected chi connectivity index (χ3v) is 3.44. The first-order chi connectivity index (χ1) is 10.5. The van der Waals surface area contributed by atoms with Crippen LogP contribution in [-0.2, 0) is 22.6 Å². The minimum Gasteiger partial charge on any atom is -0.346 e. The number of hydrogen-bond acceptors (Lipinski definition) is 4. The zero-order chi connectivity index (χ0) is 16.1. The smallest absolute Gasteiger partial charge is 0.331 e. The van der Waals surface area contributed by atoms with Gasteiger partial charge in [-0.3, -0.25) is 0 Å². The average molecular weight is 301 g/mol. The molecule has 5 heteroatoms. The lowest BCUT2D eigenvalue weighted by atomic mass is 10.1. The Balaban J connectivity index is 2.26. The second kappa shape index (κ2) is 7.22. The maximum absolute atomic E-state index is 10.8. The molecule has 1 aromatic heterocycles. The lowest BCUT2D eigenvalue weighted by Crippen LogP contribution is -2.17. The summed E-state index contributed by atoms with van der Waals surface area (Å²) in [6.07, 6.45) is 2.84. The number of carbonyl (C=O) groups excluding carboxylic acids is 1. The van der Waals surface area contributed by atoms with Crippen LogP contribution in [0, 0.1) is 0 Å². The first kappa shape index (κ1) is 16.2. The topological polar surface area (TPSA) is 46.8 Å². The molecule has 0 amide bonds. The zero-order valence-corrected chi connectivity index (χ0v) is 13.7. The summed E-state index contributed by atoms with van der Waals surface area (Å²) in [6, 6.07) is 8.35. The fraction of sp³-hybridized carbons (Fsp3) is 0.412. The van der Waals surface area contributed by atoms with Crippen LogP contribution in [0.2, 0.25) is 0 Å². The SMILES string of the molecule is CC(=O)ON=C(C)Cc1cn(CCN(C)C)c2ccccc12. The lowest BCUT2D eigenvalue weighted by Gasteiger charge is -2.10. The van der Waals surface area contributed by atoms with E-state index in [0.717, 1.165) is 18.8 Å². The van der Waals surface area contributed by atoms with Crippen molar-refractivity contribution < 1.29 is 9.63 Å². The van der Waals surface area contributed by atoms with Gasteiger partial charge in [-0.05, 0) is 32.6 Å². The maximum atomic E-state index is 10.8. The summed E-state index contributed by atoms with van der Waals surface area (Å²) in [4.78, 5) is 17.7. The van der Waals surface area contributed by atoms with Crippen molar-refractivity contribution in [1.29, 1.82) is 0 Å². The van der Waals surface area contributed by atoms with Crippen molar-refractivity contribution in [1.82, 2.24) is 9.47 Å². The van der Waals surface area contributed by atoms with Crippen LogP contribution in [0.15, 0.2) is 35.6 Å². The third-order valence-electron chi connectivity index (χ3n) is 3.44. The Labute approximate surface area is 131 Å². The molecule has 1 heterocycles. The van der Waals surface area contributed by atoms with Gasteiger partial charge in [0.2, 0.25) is 0 Å². The van der Waals surface area contributed by atoms with Crippen molar-refractivity contribution in [2.24, 2.45) is 5.16 Å². The lowest BCUT2D eigenvalue weighted by molar-refractivity contribution is -0.140. The maximum Gasteiger partial charge on any atom is 0.331 e. The number of hydrogen-bond donors (Lipinski definition) is 0. The molecule has 1 aromatic carbocycles. The van der Waals surface area contributed by atoms with E-state index in [9.17, 15) is 4.79 Å². The monoisotopic (exact) mass is 301 g/mol. The molecule has 2 aromatic rings. The quantitative estimate of drug-likeness (QED) is 0.468. The molecule has 2 rings (SSSR count). The van der Waals surface area contributed by atoms with E-state index in [0.29, 0.717) is 6.42 Å². The standard InChI is InChI=1S/C17H23N3O2/c1-13(18-22-14(2)21)11-15-12-20(10-9-19(3)4)17-8-6-5-7-16(15)17/h5-8,12H,9-11H2,1-4H3. The molecule has 0 aliphatic rings. The first-order valence-electron chi connectivity index (χ1n) is 7.40. The Morgan fingerprint density at radius 3 is 2.68 bits per heavy atom. The molecule has 0 aliphatic heterocycles. The normalized spacial score (nSPS) is 12.1. The molecule has 0 unspecified atom stereocenters. The number of fused-ring (bicyclic) bond motifs is 1. The van der Waals surface area contributed by atoms with Gasteiger partial charge in [0.25, 0.3) is 0 Å². The van der Waals surface area contributed by atoms with Crippen LogP contribution in [0.1, 0.15) is 19.4 Å². The van der Waals surface area contributed by atoms with Crippen LogP contribution >= 0.6 is 0 Å². The molecule has 0 aliphatic carbocycles. The van der Waals surface area contributed by atoms with E-state index in [1.165, 1.54) is 23.4 Å². The molecule has 5 nitrogen and oxygen atoms in total. The number of benzene rings is 1. The van der Waals surface area contributed by atoms with Gasteiger partial charge >= 0.3 is 5.97 Å². The highest BCUT2D eigenvalue weighted by molar-refractivity contribution is 5.91. The number of para-hydroxylation sites is 1. The Bertz CT molecular complexity index is 686. The molecule has 0 atom stereocenters. The minimum atomic E-state index is -0.396. The van der Waals surface area contributed by atoms with Gasteiger partial charge in [-0.2, -0.15) is 0 Å². The predicted octanol–water partition coefficient (Wildman–Crippen LogP) is 2.68. The fourth-order valence-corrected chi connectivity index (χ4v) is 2.41. The van der Waals surface area contributed by atoms with Gasteiger partial charge in [0, 0.05) is 43.5 Å². The highest BCUT2D eigenvalue weighted by Gasteiger charge is 2.09. The van der Waals surface area contributed by atoms with E-state index < -0.39 is 5.97 Å². The van der Waals surface area contributed by atoms with Gasteiger partial charge in [-0.1, -0.05) is 23.4 Å². The molecule has 0 saturated heterocycles. The van der Waals surface area contributed by atoms with Crippen LogP contribution in [0.25, 0.3) is 10.9 Å². The second-order valence-electron chi connectivity index (χ2n) is 5.75. The van der Waals surface area contributed by atoms with Gasteiger partial charge < -0.3 is 14.3 Å². The van der Waals surface area contributed by atoms with Crippen LogP contribution in [0.3, 0.4) is 0 Å². The van der Waals surface area contributed by atoms with E-state index in [1.54, 1.807) is 0 Å². The van der Waals surface area contributed by atoms with Gasteiger partial charge in [0.1, 0.15) is 0 Å². The Kier molecular flexibility index (Phi) is 5.33. The second-order valence-corrected chi connectivity index (χ2v) is 5.75. The van der Waals surface area contributed by atoms with Crippen LogP contribution in [0.4, 0.5) is 0 Å². The number of rotatable bonds is 6. The molecule has 0 saturated carbocycles. The number of aromatic nitrogens is 1. The summed E-state index contributed by atoms with van der Waals surface area (Å²) in [5.41, 5.74) is 3.20. The van der Waals surface area contributed by atoms with Gasteiger partial charge in [-0.25, -0.2) is 4.79 Å². The predicted molar refractivity (Wildman–Crippen MR) is 89.1 cm³/mol. The van der Waals surface area contributed by atoms with Crippen molar-refractivity contribution in [2.75, 3.05) is 20.6 Å². The summed E-state index contributed by atoms with van der Waals surface area (Å²) in [7, 11) is 4.14. The highest BCUT2D eigenvalue weighted by Crippen LogP contribution is 2.22. The summed E-state index contributed by atoms with van der Waals surface area (Å²) in [6.45, 7) is 5.14. The van der Waals surface area contributed by atoms with Crippen molar-refractivity contribution in [3.05, 3.63) is 36.0 Å². The van der Waals surface area contributed by atoms with Gasteiger partial charge in [0.05, 0.1) is 5.71 Å². The molecular weight excluding hydrogens is 278 g/mol. The van der Waals surface area contributed by atoms with Crippen LogP contribution in [-0.4, -0.2) is 41.8 Å². The molecule has 0 bridgehead atoms. The molecule has 0 fully saturated rings. The van der Waals surface area contributed by atoms with Crippen molar-refractivity contribution >= 4 is 22.6 Å². The molecule has 118 valence electrons. The zero-order valence-electron chi connectivity index (χ0n) is 13.7. The number of oxime groups is 1. The van der Waals surface area contributed by atoms with Crippen LogP contribution in [0.5, 0.6) is 0 Å². The van der Waals surface area contributed by atoms with Crippen LogP contribution < -0.4 is 0 Å². The summed E-state index contributed by atoms with van der Waals surface area (Å²) >= 11 is 0. The highest BCUT2D eigenvalue weighted by atomic mass is 16.7. The van der Waals surface area contributed by atoms with E-state index in [1.807, 2.05) is 13.0 Å². The Morgan fingerprint density at radius 1 is 1.27 bits per heavy atom. The van der Waals surface area contributed by atoms with E-state index in [4.69, 9.17) is 4.84 Å². The molecule has 0 N–H and O–H groups in total. The number of carbonyl (C=O) groups is 1. The Hall–Kier alpha value is -2.14. The molecule has 0 spiro atoms. The largest absolute Gasteiger partial charge is 0.346 e.